The van der Waals surface area contributed by atoms with Crippen LogP contribution in [0.15, 0.2) is 77.6 Å². The Labute approximate surface area is 155 Å². The molecule has 134 valence electrons. The van der Waals surface area contributed by atoms with E-state index in [1.54, 1.807) is 12.1 Å². The number of benzene rings is 3. The van der Waals surface area contributed by atoms with Gasteiger partial charge in [-0.2, -0.15) is 5.10 Å². The molecule has 0 saturated heterocycles. The summed E-state index contributed by atoms with van der Waals surface area (Å²) in [5, 5.41) is 6.71. The summed E-state index contributed by atoms with van der Waals surface area (Å²) in [5.41, 5.74) is 1.96. The van der Waals surface area contributed by atoms with Crippen LogP contribution in [0.2, 0.25) is 0 Å². The summed E-state index contributed by atoms with van der Waals surface area (Å²) >= 11 is 0. The van der Waals surface area contributed by atoms with Crippen molar-refractivity contribution in [1.82, 2.24) is 9.78 Å². The molecule has 0 fully saturated rings. The van der Waals surface area contributed by atoms with Gasteiger partial charge in [-0.25, -0.2) is 9.07 Å². The molecular formula is C22H17FN2O2. The second-order valence-electron chi connectivity index (χ2n) is 6.24. The summed E-state index contributed by atoms with van der Waals surface area (Å²) in [6.45, 7) is 0.348. The van der Waals surface area contributed by atoms with Crippen LogP contribution in [0.3, 0.4) is 0 Å². The Balaban J connectivity index is 1.73. The van der Waals surface area contributed by atoms with Gasteiger partial charge in [0.05, 0.1) is 19.3 Å². The van der Waals surface area contributed by atoms with Crippen LogP contribution < -0.4 is 10.3 Å². The van der Waals surface area contributed by atoms with Crippen LogP contribution in [0.25, 0.3) is 22.0 Å². The Kier molecular flexibility index (Phi) is 4.42. The standard InChI is InChI=1S/C22H17FN2O2/c1-27-21-13-18(23)8-9-19(21)20-10-11-22(26)25(24-20)14-15-6-7-16-4-2-3-5-17(16)12-15/h2-13H,14H2,1H3. The fourth-order valence-corrected chi connectivity index (χ4v) is 3.09. The first kappa shape index (κ1) is 17.0. The molecule has 0 saturated carbocycles. The predicted octanol–water partition coefficient (Wildman–Crippen LogP) is 4.26. The molecule has 4 nitrogen and oxygen atoms in total. The van der Waals surface area contributed by atoms with Gasteiger partial charge in [0.15, 0.2) is 0 Å². The number of halogens is 1. The zero-order valence-corrected chi connectivity index (χ0v) is 14.7. The van der Waals surface area contributed by atoms with Gasteiger partial charge in [-0.15, -0.1) is 0 Å². The molecule has 0 bridgehead atoms. The Hall–Kier alpha value is -3.47. The highest BCUT2D eigenvalue weighted by Gasteiger charge is 2.11. The highest BCUT2D eigenvalue weighted by atomic mass is 19.1. The molecule has 0 aliphatic carbocycles. The Morgan fingerprint density at radius 1 is 0.963 bits per heavy atom. The molecule has 0 spiro atoms. The van der Waals surface area contributed by atoms with Gasteiger partial charge in [0.25, 0.3) is 5.56 Å². The highest BCUT2D eigenvalue weighted by Crippen LogP contribution is 2.28. The topological polar surface area (TPSA) is 44.1 Å². The van der Waals surface area contributed by atoms with Gasteiger partial charge in [-0.1, -0.05) is 36.4 Å². The van der Waals surface area contributed by atoms with Crippen LogP contribution in [0.4, 0.5) is 4.39 Å². The van der Waals surface area contributed by atoms with E-state index in [1.807, 2.05) is 36.4 Å². The van der Waals surface area contributed by atoms with Crippen molar-refractivity contribution in [2.75, 3.05) is 7.11 Å². The van der Waals surface area contributed by atoms with Crippen molar-refractivity contribution in [2.24, 2.45) is 0 Å². The van der Waals surface area contributed by atoms with Crippen LogP contribution in [0.1, 0.15) is 5.56 Å². The van der Waals surface area contributed by atoms with E-state index >= 15 is 0 Å². The third kappa shape index (κ3) is 3.44. The zero-order valence-electron chi connectivity index (χ0n) is 14.7. The molecule has 4 rings (SSSR count). The Morgan fingerprint density at radius 3 is 2.59 bits per heavy atom. The molecule has 0 atom stereocenters. The smallest absolute Gasteiger partial charge is 0.267 e. The lowest BCUT2D eigenvalue weighted by Gasteiger charge is -2.11. The number of ether oxygens (including phenoxy) is 1. The van der Waals surface area contributed by atoms with Gasteiger partial charge in [0, 0.05) is 17.7 Å². The van der Waals surface area contributed by atoms with E-state index in [9.17, 15) is 9.18 Å². The fourth-order valence-electron chi connectivity index (χ4n) is 3.09. The molecule has 0 aliphatic heterocycles. The predicted molar refractivity (Wildman–Crippen MR) is 103 cm³/mol. The van der Waals surface area contributed by atoms with Crippen LogP contribution in [-0.4, -0.2) is 16.9 Å². The van der Waals surface area contributed by atoms with E-state index in [0.29, 0.717) is 23.6 Å². The van der Waals surface area contributed by atoms with Crippen LogP contribution in [0, 0.1) is 5.82 Å². The molecular weight excluding hydrogens is 343 g/mol. The first-order chi connectivity index (χ1) is 13.1. The minimum absolute atomic E-state index is 0.201. The monoisotopic (exact) mass is 360 g/mol. The number of methoxy groups -OCH3 is 1. The van der Waals surface area contributed by atoms with E-state index < -0.39 is 0 Å². The second kappa shape index (κ2) is 7.03. The summed E-state index contributed by atoms with van der Waals surface area (Å²) in [5.74, 6) is -0.0153. The summed E-state index contributed by atoms with van der Waals surface area (Å²) in [4.78, 5) is 12.3. The molecule has 1 heterocycles. The van der Waals surface area contributed by atoms with Crippen LogP contribution >= 0.6 is 0 Å². The van der Waals surface area contributed by atoms with E-state index in [2.05, 4.69) is 11.2 Å². The van der Waals surface area contributed by atoms with Gasteiger partial charge >= 0.3 is 0 Å². The third-order valence-electron chi connectivity index (χ3n) is 4.45. The number of hydrogen-bond acceptors (Lipinski definition) is 3. The van der Waals surface area contributed by atoms with E-state index in [0.717, 1.165) is 16.3 Å². The molecule has 4 aromatic rings. The zero-order chi connectivity index (χ0) is 18.8. The molecule has 1 aromatic heterocycles. The Morgan fingerprint density at radius 2 is 1.78 bits per heavy atom. The number of fused-ring (bicyclic) bond motifs is 1. The minimum atomic E-state index is -0.389. The largest absolute Gasteiger partial charge is 0.496 e. The van der Waals surface area contributed by atoms with Gasteiger partial charge in [0.1, 0.15) is 11.6 Å². The SMILES string of the molecule is COc1cc(F)ccc1-c1ccc(=O)n(Cc2ccc3ccccc3c2)n1. The average molecular weight is 360 g/mol. The number of rotatable bonds is 4. The first-order valence-corrected chi connectivity index (χ1v) is 8.54. The molecule has 3 aromatic carbocycles. The van der Waals surface area contributed by atoms with E-state index in [4.69, 9.17) is 4.74 Å². The van der Waals surface area contributed by atoms with E-state index in [-0.39, 0.29) is 11.4 Å². The van der Waals surface area contributed by atoms with Crippen molar-refractivity contribution in [2.45, 2.75) is 6.54 Å². The lowest BCUT2D eigenvalue weighted by molar-refractivity contribution is 0.412. The summed E-state index contributed by atoms with van der Waals surface area (Å²) in [6, 6.07) is 21.5. The van der Waals surface area contributed by atoms with Crippen LogP contribution in [0.5, 0.6) is 5.75 Å². The van der Waals surface area contributed by atoms with Crippen molar-refractivity contribution in [3.05, 3.63) is 94.5 Å². The van der Waals surface area contributed by atoms with Gasteiger partial charge < -0.3 is 4.74 Å². The average Bonchev–Trinajstić information content (AvgIpc) is 2.69. The number of hydrogen-bond donors (Lipinski definition) is 0. The van der Waals surface area contributed by atoms with Crippen molar-refractivity contribution in [3.8, 4) is 17.0 Å². The van der Waals surface area contributed by atoms with E-state index in [1.165, 1.54) is 30.0 Å². The van der Waals surface area contributed by atoms with Crippen molar-refractivity contribution < 1.29 is 9.13 Å². The van der Waals surface area contributed by atoms with Gasteiger partial charge in [-0.3, -0.25) is 4.79 Å². The van der Waals surface area contributed by atoms with Gasteiger partial charge in [0.2, 0.25) is 0 Å². The molecule has 0 aliphatic rings. The maximum absolute atomic E-state index is 13.5. The normalized spacial score (nSPS) is 10.9. The molecule has 27 heavy (non-hydrogen) atoms. The lowest BCUT2D eigenvalue weighted by atomic mass is 10.1. The van der Waals surface area contributed by atoms with Gasteiger partial charge in [-0.05, 0) is 40.6 Å². The first-order valence-electron chi connectivity index (χ1n) is 8.54. The Bertz CT molecular complexity index is 1180. The third-order valence-corrected chi connectivity index (χ3v) is 4.45. The quantitative estimate of drug-likeness (QED) is 0.546. The maximum atomic E-state index is 13.5. The molecule has 0 amide bonds. The van der Waals surface area contributed by atoms with Crippen molar-refractivity contribution in [3.63, 3.8) is 0 Å². The molecule has 0 radical (unpaired) electrons. The van der Waals surface area contributed by atoms with Crippen molar-refractivity contribution in [1.29, 1.82) is 0 Å². The number of aromatic nitrogens is 2. The maximum Gasteiger partial charge on any atom is 0.267 e. The summed E-state index contributed by atoms with van der Waals surface area (Å²) < 4.78 is 20.1. The lowest BCUT2D eigenvalue weighted by Crippen LogP contribution is -2.22. The fraction of sp³-hybridized carbons (Fsp3) is 0.0909. The molecule has 0 N–H and O–H groups in total. The second-order valence-corrected chi connectivity index (χ2v) is 6.24. The minimum Gasteiger partial charge on any atom is -0.496 e. The molecule has 5 heteroatoms. The molecule has 0 unspecified atom stereocenters. The van der Waals surface area contributed by atoms with Crippen LogP contribution in [-0.2, 0) is 6.54 Å². The summed E-state index contributed by atoms with van der Waals surface area (Å²) in [7, 11) is 1.48. The van der Waals surface area contributed by atoms with Crippen molar-refractivity contribution >= 4 is 10.8 Å². The number of nitrogens with zero attached hydrogens (tertiary/aromatic N) is 2. The highest BCUT2D eigenvalue weighted by molar-refractivity contribution is 5.83. The summed E-state index contributed by atoms with van der Waals surface area (Å²) in [6.07, 6.45) is 0.